The number of nitrogens with one attached hydrogen (secondary N) is 1. The molecule has 0 bridgehead atoms. The second kappa shape index (κ2) is 3.57. The van der Waals surface area contributed by atoms with Crippen molar-refractivity contribution < 1.29 is 0 Å². The largest absolute Gasteiger partial charge is 0.328 e. The van der Waals surface area contributed by atoms with E-state index in [1.807, 2.05) is 23.6 Å². The maximum atomic E-state index is 11.8. The van der Waals surface area contributed by atoms with Gasteiger partial charge in [0.25, 0.3) is 5.56 Å². The molecule has 78 valence electrons. The van der Waals surface area contributed by atoms with Crippen LogP contribution in [0.25, 0.3) is 21.2 Å². The number of aromatic amines is 1. The summed E-state index contributed by atoms with van der Waals surface area (Å²) in [6, 6.07) is 5.74. The minimum atomic E-state index is -0.0365. The SMILES string of the molecule is O=c1[nH]ccc2scc(-c3ccncc3)c12. The molecule has 0 amide bonds. The smallest absolute Gasteiger partial charge is 0.257 e. The summed E-state index contributed by atoms with van der Waals surface area (Å²) in [7, 11) is 0. The molecular formula is C12H8N2OS. The Hall–Kier alpha value is -1.94. The predicted molar refractivity (Wildman–Crippen MR) is 65.7 cm³/mol. The molecule has 1 N–H and O–H groups in total. The van der Waals surface area contributed by atoms with Gasteiger partial charge in [-0.2, -0.15) is 0 Å². The summed E-state index contributed by atoms with van der Waals surface area (Å²) < 4.78 is 1.01. The zero-order valence-electron chi connectivity index (χ0n) is 8.31. The van der Waals surface area contributed by atoms with Gasteiger partial charge in [0.05, 0.1) is 5.39 Å². The van der Waals surface area contributed by atoms with Crippen molar-refractivity contribution in [3.05, 3.63) is 52.5 Å². The summed E-state index contributed by atoms with van der Waals surface area (Å²) in [5, 5.41) is 2.77. The van der Waals surface area contributed by atoms with Crippen LogP contribution in [-0.4, -0.2) is 9.97 Å². The first-order valence-electron chi connectivity index (χ1n) is 4.85. The highest BCUT2D eigenvalue weighted by Gasteiger charge is 2.08. The van der Waals surface area contributed by atoms with Crippen molar-refractivity contribution in [3.8, 4) is 11.1 Å². The van der Waals surface area contributed by atoms with E-state index in [-0.39, 0.29) is 5.56 Å². The molecule has 0 unspecified atom stereocenters. The third-order valence-electron chi connectivity index (χ3n) is 2.49. The van der Waals surface area contributed by atoms with Crippen LogP contribution in [0.15, 0.2) is 47.0 Å². The Kier molecular flexibility index (Phi) is 2.08. The van der Waals surface area contributed by atoms with Gasteiger partial charge in [0.1, 0.15) is 0 Å². The predicted octanol–water partition coefficient (Wildman–Crippen LogP) is 2.65. The molecule has 0 aliphatic rings. The molecule has 0 spiro atoms. The molecule has 3 nitrogen and oxygen atoms in total. The van der Waals surface area contributed by atoms with Crippen molar-refractivity contribution in [2.75, 3.05) is 0 Å². The van der Waals surface area contributed by atoms with Gasteiger partial charge in [-0.1, -0.05) is 0 Å². The average Bonchev–Trinajstić information content (AvgIpc) is 2.75. The molecule has 0 aromatic carbocycles. The van der Waals surface area contributed by atoms with Gasteiger partial charge in [0.2, 0.25) is 0 Å². The standard InChI is InChI=1S/C12H8N2OS/c15-12-11-9(8-1-4-13-5-2-8)7-16-10(11)3-6-14-12/h1-7H,(H,14,15). The maximum Gasteiger partial charge on any atom is 0.257 e. The van der Waals surface area contributed by atoms with Crippen molar-refractivity contribution in [1.82, 2.24) is 9.97 Å². The van der Waals surface area contributed by atoms with Gasteiger partial charge in [-0.3, -0.25) is 9.78 Å². The van der Waals surface area contributed by atoms with Crippen LogP contribution >= 0.6 is 11.3 Å². The van der Waals surface area contributed by atoms with E-state index in [2.05, 4.69) is 9.97 Å². The minimum absolute atomic E-state index is 0.0365. The molecule has 3 heterocycles. The van der Waals surface area contributed by atoms with Crippen LogP contribution in [0.4, 0.5) is 0 Å². The highest BCUT2D eigenvalue weighted by Crippen LogP contribution is 2.30. The number of hydrogen-bond donors (Lipinski definition) is 1. The molecule has 0 fully saturated rings. The van der Waals surface area contributed by atoms with Crippen LogP contribution in [0, 0.1) is 0 Å². The van der Waals surface area contributed by atoms with Gasteiger partial charge in [0, 0.05) is 34.2 Å². The zero-order valence-corrected chi connectivity index (χ0v) is 9.12. The van der Waals surface area contributed by atoms with E-state index in [0.29, 0.717) is 0 Å². The first-order valence-corrected chi connectivity index (χ1v) is 5.73. The lowest BCUT2D eigenvalue weighted by atomic mass is 10.1. The summed E-state index contributed by atoms with van der Waals surface area (Å²) in [6.45, 7) is 0. The van der Waals surface area contributed by atoms with Crippen LogP contribution < -0.4 is 5.56 Å². The van der Waals surface area contributed by atoms with E-state index in [1.165, 1.54) is 0 Å². The summed E-state index contributed by atoms with van der Waals surface area (Å²) >= 11 is 1.58. The molecular weight excluding hydrogens is 220 g/mol. The Morgan fingerprint density at radius 2 is 2.00 bits per heavy atom. The Morgan fingerprint density at radius 1 is 1.19 bits per heavy atom. The first kappa shape index (κ1) is 9.30. The Morgan fingerprint density at radius 3 is 2.81 bits per heavy atom. The summed E-state index contributed by atoms with van der Waals surface area (Å²) in [6.07, 6.45) is 5.14. The highest BCUT2D eigenvalue weighted by atomic mass is 32.1. The third-order valence-corrected chi connectivity index (χ3v) is 3.43. The van der Waals surface area contributed by atoms with Gasteiger partial charge >= 0.3 is 0 Å². The van der Waals surface area contributed by atoms with Crippen LogP contribution in [0.2, 0.25) is 0 Å². The molecule has 3 aromatic heterocycles. The molecule has 16 heavy (non-hydrogen) atoms. The maximum absolute atomic E-state index is 11.8. The molecule has 0 saturated carbocycles. The van der Waals surface area contributed by atoms with E-state index in [4.69, 9.17) is 0 Å². The topological polar surface area (TPSA) is 45.8 Å². The van der Waals surface area contributed by atoms with Gasteiger partial charge < -0.3 is 4.98 Å². The molecule has 3 rings (SSSR count). The minimum Gasteiger partial charge on any atom is -0.328 e. The number of nitrogens with zero attached hydrogens (tertiary/aromatic N) is 1. The fraction of sp³-hybridized carbons (Fsp3) is 0. The summed E-state index contributed by atoms with van der Waals surface area (Å²) in [5.41, 5.74) is 1.97. The van der Waals surface area contributed by atoms with Crippen LogP contribution in [0.3, 0.4) is 0 Å². The van der Waals surface area contributed by atoms with Gasteiger partial charge in [-0.05, 0) is 23.8 Å². The van der Waals surface area contributed by atoms with Crippen molar-refractivity contribution >= 4 is 21.4 Å². The number of hydrogen-bond acceptors (Lipinski definition) is 3. The fourth-order valence-corrected chi connectivity index (χ4v) is 2.70. The molecule has 0 aliphatic heterocycles. The average molecular weight is 228 g/mol. The second-order valence-corrected chi connectivity index (χ2v) is 4.34. The van der Waals surface area contributed by atoms with E-state index < -0.39 is 0 Å². The number of fused-ring (bicyclic) bond motifs is 1. The van der Waals surface area contributed by atoms with Crippen LogP contribution in [-0.2, 0) is 0 Å². The Bertz CT molecular complexity index is 685. The molecule has 3 aromatic rings. The highest BCUT2D eigenvalue weighted by molar-refractivity contribution is 7.17. The number of H-pyrrole nitrogens is 1. The van der Waals surface area contributed by atoms with E-state index >= 15 is 0 Å². The number of thiophene rings is 1. The lowest BCUT2D eigenvalue weighted by Gasteiger charge is -1.97. The third kappa shape index (κ3) is 1.35. The monoisotopic (exact) mass is 228 g/mol. The normalized spacial score (nSPS) is 10.8. The molecule has 0 aliphatic carbocycles. The molecule has 4 heteroatoms. The van der Waals surface area contributed by atoms with Crippen LogP contribution in [0.5, 0.6) is 0 Å². The first-order chi connectivity index (χ1) is 7.86. The second-order valence-electron chi connectivity index (χ2n) is 3.43. The van der Waals surface area contributed by atoms with Crippen molar-refractivity contribution in [2.24, 2.45) is 0 Å². The van der Waals surface area contributed by atoms with E-state index in [1.54, 1.807) is 29.9 Å². The zero-order chi connectivity index (χ0) is 11.0. The van der Waals surface area contributed by atoms with Crippen molar-refractivity contribution in [1.29, 1.82) is 0 Å². The summed E-state index contributed by atoms with van der Waals surface area (Å²) in [4.78, 5) is 18.5. The lowest BCUT2D eigenvalue weighted by molar-refractivity contribution is 1.28. The van der Waals surface area contributed by atoms with Gasteiger partial charge in [-0.15, -0.1) is 11.3 Å². The fourth-order valence-electron chi connectivity index (χ4n) is 1.74. The van der Waals surface area contributed by atoms with Gasteiger partial charge in [0.15, 0.2) is 0 Å². The molecule has 0 radical (unpaired) electrons. The molecule has 0 atom stereocenters. The van der Waals surface area contributed by atoms with E-state index in [0.717, 1.165) is 21.2 Å². The van der Waals surface area contributed by atoms with Crippen molar-refractivity contribution in [2.45, 2.75) is 0 Å². The quantitative estimate of drug-likeness (QED) is 0.696. The van der Waals surface area contributed by atoms with Crippen molar-refractivity contribution in [3.63, 3.8) is 0 Å². The number of rotatable bonds is 1. The molecule has 0 saturated heterocycles. The Balaban J connectivity index is 2.38. The Labute approximate surface area is 95.4 Å². The van der Waals surface area contributed by atoms with E-state index in [9.17, 15) is 4.79 Å². The van der Waals surface area contributed by atoms with Crippen LogP contribution in [0.1, 0.15) is 0 Å². The van der Waals surface area contributed by atoms with Gasteiger partial charge in [-0.25, -0.2) is 0 Å². The summed E-state index contributed by atoms with van der Waals surface area (Å²) in [5.74, 6) is 0. The number of pyridine rings is 2. The lowest BCUT2D eigenvalue weighted by Crippen LogP contribution is -2.03. The number of aromatic nitrogens is 2.